The molecule has 0 spiro atoms. The molecule has 1 aliphatic heterocycles. The van der Waals surface area contributed by atoms with E-state index < -0.39 is 0 Å². The molecule has 1 fully saturated rings. The number of hydrogen-bond acceptors (Lipinski definition) is 3. The molecule has 0 saturated carbocycles. The minimum absolute atomic E-state index is 0.235. The first kappa shape index (κ1) is 11.0. The Morgan fingerprint density at radius 2 is 2.31 bits per heavy atom. The molecule has 0 radical (unpaired) electrons. The molecule has 2 unspecified atom stereocenters. The zero-order valence-corrected chi connectivity index (χ0v) is 8.62. The summed E-state index contributed by atoms with van der Waals surface area (Å²) >= 11 is 0. The molecule has 0 amide bonds. The van der Waals surface area contributed by atoms with E-state index in [4.69, 9.17) is 4.74 Å². The molecule has 0 aromatic rings. The summed E-state index contributed by atoms with van der Waals surface area (Å²) in [6.07, 6.45) is 2.48. The topological polar surface area (TPSA) is 41.5 Å². The summed E-state index contributed by atoms with van der Waals surface area (Å²) in [5.74, 6) is 0.331. The van der Waals surface area contributed by atoms with Crippen molar-refractivity contribution in [1.29, 1.82) is 0 Å². The van der Waals surface area contributed by atoms with Crippen LogP contribution in [0.5, 0.6) is 0 Å². The lowest BCUT2D eigenvalue weighted by atomic mass is 10.1. The van der Waals surface area contributed by atoms with Gasteiger partial charge in [0.05, 0.1) is 12.2 Å². The van der Waals surface area contributed by atoms with E-state index in [2.05, 4.69) is 5.32 Å². The second-order valence-corrected chi connectivity index (χ2v) is 4.10. The largest absolute Gasteiger partial charge is 0.392 e. The minimum atomic E-state index is -0.235. The van der Waals surface area contributed by atoms with Crippen molar-refractivity contribution >= 4 is 0 Å². The Kier molecular flexibility index (Phi) is 4.70. The van der Waals surface area contributed by atoms with E-state index >= 15 is 0 Å². The molecule has 2 atom stereocenters. The molecule has 3 heteroatoms. The van der Waals surface area contributed by atoms with E-state index in [9.17, 15) is 5.11 Å². The Morgan fingerprint density at radius 1 is 1.54 bits per heavy atom. The van der Waals surface area contributed by atoms with Gasteiger partial charge >= 0.3 is 0 Å². The Hall–Kier alpha value is -0.120. The van der Waals surface area contributed by atoms with Crippen LogP contribution in [0.25, 0.3) is 0 Å². The summed E-state index contributed by atoms with van der Waals surface area (Å²) in [4.78, 5) is 0. The first-order chi connectivity index (χ1) is 6.20. The molecule has 0 bridgehead atoms. The lowest BCUT2D eigenvalue weighted by Crippen LogP contribution is -2.35. The van der Waals surface area contributed by atoms with Crippen LogP contribution in [0.2, 0.25) is 0 Å². The average Bonchev–Trinajstić information content (AvgIpc) is 2.56. The lowest BCUT2D eigenvalue weighted by molar-refractivity contribution is 0.0939. The number of rotatable bonds is 5. The third-order valence-electron chi connectivity index (χ3n) is 2.52. The van der Waals surface area contributed by atoms with Gasteiger partial charge in [0.1, 0.15) is 0 Å². The van der Waals surface area contributed by atoms with Crippen molar-refractivity contribution in [2.75, 3.05) is 19.7 Å². The van der Waals surface area contributed by atoms with Gasteiger partial charge in [-0.1, -0.05) is 13.8 Å². The van der Waals surface area contributed by atoms with Crippen molar-refractivity contribution in [3.05, 3.63) is 0 Å². The molecule has 78 valence electrons. The summed E-state index contributed by atoms with van der Waals surface area (Å²) < 4.78 is 5.45. The highest BCUT2D eigenvalue weighted by Crippen LogP contribution is 2.10. The molecule has 1 aliphatic rings. The molecule has 0 aromatic carbocycles. The van der Waals surface area contributed by atoms with Crippen LogP contribution in [0.3, 0.4) is 0 Å². The Balaban J connectivity index is 1.99. The van der Waals surface area contributed by atoms with Gasteiger partial charge < -0.3 is 15.2 Å². The van der Waals surface area contributed by atoms with Crippen LogP contribution in [-0.2, 0) is 4.74 Å². The van der Waals surface area contributed by atoms with Crippen molar-refractivity contribution in [3.63, 3.8) is 0 Å². The number of nitrogens with one attached hydrogen (secondary N) is 1. The maximum absolute atomic E-state index is 9.50. The molecule has 13 heavy (non-hydrogen) atoms. The smallest absolute Gasteiger partial charge is 0.0700 e. The van der Waals surface area contributed by atoms with Gasteiger partial charge in [-0.2, -0.15) is 0 Å². The predicted octanol–water partition coefficient (Wildman–Crippen LogP) is 0.772. The highest BCUT2D eigenvalue weighted by atomic mass is 16.5. The van der Waals surface area contributed by atoms with Crippen LogP contribution < -0.4 is 5.32 Å². The monoisotopic (exact) mass is 187 g/mol. The number of aliphatic hydroxyl groups excluding tert-OH is 1. The van der Waals surface area contributed by atoms with Crippen molar-refractivity contribution < 1.29 is 9.84 Å². The minimum Gasteiger partial charge on any atom is -0.392 e. The standard InChI is InChI=1S/C10H21NO2/c1-8(2)10(12)7-11-6-9-4-3-5-13-9/h8-12H,3-7H2,1-2H3. The Bertz CT molecular complexity index is 131. The second-order valence-electron chi connectivity index (χ2n) is 4.10. The van der Waals surface area contributed by atoms with Gasteiger partial charge in [0.2, 0.25) is 0 Å². The molecule has 0 aromatic heterocycles. The van der Waals surface area contributed by atoms with Gasteiger partial charge in [0.25, 0.3) is 0 Å². The van der Waals surface area contributed by atoms with E-state index in [0.717, 1.165) is 19.6 Å². The summed E-state index contributed by atoms with van der Waals surface area (Å²) in [5.41, 5.74) is 0. The first-order valence-electron chi connectivity index (χ1n) is 5.20. The number of aliphatic hydroxyl groups is 1. The summed E-state index contributed by atoms with van der Waals surface area (Å²) in [5, 5.41) is 12.7. The maximum Gasteiger partial charge on any atom is 0.0700 e. The molecular weight excluding hydrogens is 166 g/mol. The van der Waals surface area contributed by atoms with Crippen LogP contribution in [0.1, 0.15) is 26.7 Å². The lowest BCUT2D eigenvalue weighted by Gasteiger charge is -2.16. The van der Waals surface area contributed by atoms with Gasteiger partial charge in [-0.05, 0) is 18.8 Å². The SMILES string of the molecule is CC(C)C(O)CNCC1CCCO1. The molecule has 1 saturated heterocycles. The Morgan fingerprint density at radius 3 is 2.85 bits per heavy atom. The maximum atomic E-state index is 9.50. The Labute approximate surface area is 80.5 Å². The zero-order valence-electron chi connectivity index (χ0n) is 8.62. The van der Waals surface area contributed by atoms with E-state index in [-0.39, 0.29) is 6.10 Å². The molecule has 2 N–H and O–H groups in total. The number of hydrogen-bond donors (Lipinski definition) is 2. The van der Waals surface area contributed by atoms with E-state index in [1.165, 1.54) is 6.42 Å². The van der Waals surface area contributed by atoms with Crippen LogP contribution >= 0.6 is 0 Å². The molecule has 1 rings (SSSR count). The van der Waals surface area contributed by atoms with Crippen molar-refractivity contribution in [1.82, 2.24) is 5.32 Å². The highest BCUT2D eigenvalue weighted by Gasteiger charge is 2.15. The summed E-state index contributed by atoms with van der Waals surface area (Å²) in [6.45, 7) is 6.51. The fraction of sp³-hybridized carbons (Fsp3) is 1.00. The summed E-state index contributed by atoms with van der Waals surface area (Å²) in [6, 6.07) is 0. The quantitative estimate of drug-likeness (QED) is 0.668. The van der Waals surface area contributed by atoms with E-state index in [1.54, 1.807) is 0 Å². The van der Waals surface area contributed by atoms with Crippen LogP contribution in [0.15, 0.2) is 0 Å². The van der Waals surface area contributed by atoms with Crippen LogP contribution in [0.4, 0.5) is 0 Å². The second kappa shape index (κ2) is 5.58. The fourth-order valence-electron chi connectivity index (χ4n) is 1.43. The molecular formula is C10H21NO2. The third-order valence-corrected chi connectivity index (χ3v) is 2.52. The molecule has 1 heterocycles. The van der Waals surface area contributed by atoms with Crippen LogP contribution in [-0.4, -0.2) is 37.0 Å². The summed E-state index contributed by atoms with van der Waals surface area (Å²) in [7, 11) is 0. The predicted molar refractivity (Wildman–Crippen MR) is 52.7 cm³/mol. The van der Waals surface area contributed by atoms with Gasteiger partial charge in [0.15, 0.2) is 0 Å². The average molecular weight is 187 g/mol. The fourth-order valence-corrected chi connectivity index (χ4v) is 1.43. The van der Waals surface area contributed by atoms with Gasteiger partial charge in [-0.3, -0.25) is 0 Å². The van der Waals surface area contributed by atoms with Crippen molar-refractivity contribution in [2.24, 2.45) is 5.92 Å². The third kappa shape index (κ3) is 4.07. The van der Waals surface area contributed by atoms with Gasteiger partial charge in [-0.25, -0.2) is 0 Å². The van der Waals surface area contributed by atoms with Crippen LogP contribution in [0, 0.1) is 5.92 Å². The molecule has 0 aliphatic carbocycles. The van der Waals surface area contributed by atoms with E-state index in [0.29, 0.717) is 18.6 Å². The van der Waals surface area contributed by atoms with Crippen molar-refractivity contribution in [3.8, 4) is 0 Å². The first-order valence-corrected chi connectivity index (χ1v) is 5.20. The van der Waals surface area contributed by atoms with Gasteiger partial charge in [-0.15, -0.1) is 0 Å². The van der Waals surface area contributed by atoms with Crippen molar-refractivity contribution in [2.45, 2.75) is 38.9 Å². The normalized spacial score (nSPS) is 25.4. The molecule has 3 nitrogen and oxygen atoms in total. The van der Waals surface area contributed by atoms with E-state index in [1.807, 2.05) is 13.8 Å². The number of ether oxygens (including phenoxy) is 1. The highest BCUT2D eigenvalue weighted by molar-refractivity contribution is 4.70. The van der Waals surface area contributed by atoms with Gasteiger partial charge in [0, 0.05) is 19.7 Å². The zero-order chi connectivity index (χ0) is 9.68.